The molecule has 1 fully saturated rings. The van der Waals surface area contributed by atoms with Crippen LogP contribution in [0.15, 0.2) is 15.9 Å². The highest BCUT2D eigenvalue weighted by Crippen LogP contribution is 2.33. The largest absolute Gasteiger partial charge is 0.475 e. The van der Waals surface area contributed by atoms with Gasteiger partial charge in [0.25, 0.3) is 0 Å². The zero-order valence-corrected chi connectivity index (χ0v) is 9.36. The summed E-state index contributed by atoms with van der Waals surface area (Å²) in [6, 6.07) is 1.92. The van der Waals surface area contributed by atoms with Crippen LogP contribution in [-0.2, 0) is 4.79 Å². The maximum Gasteiger partial charge on any atom is 0.188 e. The number of ether oxygens (including phenoxy) is 1. The molecule has 0 aliphatic heterocycles. The highest BCUT2D eigenvalue weighted by molar-refractivity contribution is 9.10. The summed E-state index contributed by atoms with van der Waals surface area (Å²) in [4.78, 5) is 11.3. The van der Waals surface area contributed by atoms with E-state index in [2.05, 4.69) is 15.9 Å². The Morgan fingerprint density at radius 1 is 1.69 bits per heavy atom. The first-order valence-corrected chi connectivity index (χ1v) is 5.83. The van der Waals surface area contributed by atoms with Crippen molar-refractivity contribution in [3.8, 4) is 5.06 Å². The molecule has 70 valence electrons. The first kappa shape index (κ1) is 9.21. The summed E-state index contributed by atoms with van der Waals surface area (Å²) in [6.07, 6.45) is 2.10. The van der Waals surface area contributed by atoms with E-state index in [1.165, 1.54) is 11.3 Å². The molecule has 1 aromatic heterocycles. The Morgan fingerprint density at radius 2 is 2.46 bits per heavy atom. The standard InChI is InChI=1S/C9H9BrO2S/c10-7-3-4-13-9(7)12-5-8(11)6-1-2-6/h3-4,6H,1-2,5H2. The zero-order chi connectivity index (χ0) is 9.26. The summed E-state index contributed by atoms with van der Waals surface area (Å²) in [5.41, 5.74) is 0. The van der Waals surface area contributed by atoms with Gasteiger partial charge in [0.1, 0.15) is 6.61 Å². The second-order valence-corrected chi connectivity index (χ2v) is 4.82. The number of hydrogen-bond acceptors (Lipinski definition) is 3. The molecule has 0 amide bonds. The minimum absolute atomic E-state index is 0.226. The van der Waals surface area contributed by atoms with E-state index in [0.717, 1.165) is 22.4 Å². The highest BCUT2D eigenvalue weighted by Gasteiger charge is 2.29. The smallest absolute Gasteiger partial charge is 0.188 e. The first-order chi connectivity index (χ1) is 6.27. The summed E-state index contributed by atoms with van der Waals surface area (Å²) in [7, 11) is 0. The van der Waals surface area contributed by atoms with Crippen molar-refractivity contribution in [2.45, 2.75) is 12.8 Å². The monoisotopic (exact) mass is 260 g/mol. The van der Waals surface area contributed by atoms with Crippen LogP contribution in [0.5, 0.6) is 5.06 Å². The molecule has 0 saturated heterocycles. The topological polar surface area (TPSA) is 26.3 Å². The summed E-state index contributed by atoms with van der Waals surface area (Å²) in [5, 5.41) is 2.73. The van der Waals surface area contributed by atoms with Crippen molar-refractivity contribution in [1.29, 1.82) is 0 Å². The predicted molar refractivity (Wildman–Crippen MR) is 55.2 cm³/mol. The van der Waals surface area contributed by atoms with Gasteiger partial charge in [-0.15, -0.1) is 11.3 Å². The molecule has 1 aromatic rings. The van der Waals surface area contributed by atoms with Crippen molar-refractivity contribution in [3.63, 3.8) is 0 Å². The Bertz CT molecular complexity index is 317. The number of ketones is 1. The summed E-state index contributed by atoms with van der Waals surface area (Å²) in [6.45, 7) is 0.226. The fraction of sp³-hybridized carbons (Fsp3) is 0.444. The molecule has 0 radical (unpaired) electrons. The number of hydrogen-bond donors (Lipinski definition) is 0. The molecular formula is C9H9BrO2S. The minimum atomic E-state index is 0.226. The minimum Gasteiger partial charge on any atom is -0.475 e. The van der Waals surface area contributed by atoms with Gasteiger partial charge < -0.3 is 4.74 Å². The molecule has 1 aliphatic rings. The second-order valence-electron chi connectivity index (χ2n) is 3.09. The van der Waals surface area contributed by atoms with Crippen molar-refractivity contribution in [1.82, 2.24) is 0 Å². The average molecular weight is 261 g/mol. The number of halogens is 1. The van der Waals surface area contributed by atoms with E-state index >= 15 is 0 Å². The van der Waals surface area contributed by atoms with Gasteiger partial charge in [-0.1, -0.05) is 0 Å². The van der Waals surface area contributed by atoms with Crippen molar-refractivity contribution >= 4 is 33.0 Å². The van der Waals surface area contributed by atoms with E-state index in [1.54, 1.807) is 0 Å². The number of rotatable bonds is 4. The van der Waals surface area contributed by atoms with Crippen LogP contribution in [0.4, 0.5) is 0 Å². The van der Waals surface area contributed by atoms with Gasteiger partial charge in [0.2, 0.25) is 0 Å². The van der Waals surface area contributed by atoms with Crippen LogP contribution < -0.4 is 4.74 Å². The Morgan fingerprint density at radius 3 is 3.00 bits per heavy atom. The van der Waals surface area contributed by atoms with Crippen LogP contribution in [-0.4, -0.2) is 12.4 Å². The fourth-order valence-corrected chi connectivity index (χ4v) is 2.38. The van der Waals surface area contributed by atoms with Crippen molar-refractivity contribution < 1.29 is 9.53 Å². The second kappa shape index (κ2) is 3.80. The fourth-order valence-electron chi connectivity index (χ4n) is 1.04. The van der Waals surface area contributed by atoms with Crippen LogP contribution in [0.2, 0.25) is 0 Å². The molecule has 0 bridgehead atoms. The molecule has 2 nitrogen and oxygen atoms in total. The van der Waals surface area contributed by atoms with Gasteiger partial charge in [0.05, 0.1) is 4.47 Å². The number of carbonyl (C=O) groups is 1. The van der Waals surface area contributed by atoms with E-state index in [-0.39, 0.29) is 12.4 Å². The first-order valence-electron chi connectivity index (χ1n) is 4.16. The molecule has 1 saturated carbocycles. The summed E-state index contributed by atoms with van der Waals surface area (Å²) < 4.78 is 6.29. The quantitative estimate of drug-likeness (QED) is 0.833. The van der Waals surface area contributed by atoms with Crippen LogP contribution in [0, 0.1) is 5.92 Å². The number of Topliss-reactive ketones (excluding diaryl/α,β-unsaturated/α-hetero) is 1. The van der Waals surface area contributed by atoms with E-state index in [1.807, 2.05) is 11.4 Å². The molecule has 0 unspecified atom stereocenters. The predicted octanol–water partition coefficient (Wildman–Crippen LogP) is 2.87. The molecule has 13 heavy (non-hydrogen) atoms. The van der Waals surface area contributed by atoms with Crippen LogP contribution in [0.1, 0.15) is 12.8 Å². The van der Waals surface area contributed by atoms with Crippen molar-refractivity contribution in [3.05, 3.63) is 15.9 Å². The van der Waals surface area contributed by atoms with Crippen LogP contribution in [0.25, 0.3) is 0 Å². The van der Waals surface area contributed by atoms with E-state index in [0.29, 0.717) is 5.92 Å². The zero-order valence-electron chi connectivity index (χ0n) is 6.96. The molecule has 0 N–H and O–H groups in total. The normalized spacial score (nSPS) is 15.8. The van der Waals surface area contributed by atoms with Gasteiger partial charge in [0.15, 0.2) is 10.8 Å². The summed E-state index contributed by atoms with van der Waals surface area (Å²) >= 11 is 4.85. The van der Waals surface area contributed by atoms with Gasteiger partial charge in [-0.05, 0) is 40.2 Å². The van der Waals surface area contributed by atoms with E-state index < -0.39 is 0 Å². The SMILES string of the molecule is O=C(COc1sccc1Br)C1CC1. The number of carbonyl (C=O) groups excluding carboxylic acids is 1. The van der Waals surface area contributed by atoms with Gasteiger partial charge in [-0.3, -0.25) is 4.79 Å². The lowest BCUT2D eigenvalue weighted by Gasteiger charge is -2.01. The molecule has 1 heterocycles. The van der Waals surface area contributed by atoms with Gasteiger partial charge in [0, 0.05) is 5.92 Å². The Kier molecular flexibility index (Phi) is 2.69. The van der Waals surface area contributed by atoms with Crippen LogP contribution in [0.3, 0.4) is 0 Å². The number of thiophene rings is 1. The average Bonchev–Trinajstić information content (AvgIpc) is 2.88. The third-order valence-electron chi connectivity index (χ3n) is 1.96. The van der Waals surface area contributed by atoms with Gasteiger partial charge in [-0.25, -0.2) is 0 Å². The maximum absolute atomic E-state index is 11.3. The third kappa shape index (κ3) is 2.31. The van der Waals surface area contributed by atoms with Crippen molar-refractivity contribution in [2.24, 2.45) is 5.92 Å². The molecule has 4 heteroatoms. The Balaban J connectivity index is 1.85. The molecular weight excluding hydrogens is 252 g/mol. The lowest BCUT2D eigenvalue weighted by molar-refractivity contribution is -0.122. The molecule has 0 atom stereocenters. The molecule has 1 aliphatic carbocycles. The Hall–Kier alpha value is -0.350. The maximum atomic E-state index is 11.3. The lowest BCUT2D eigenvalue weighted by Crippen LogP contribution is -2.12. The Labute approximate surface area is 89.0 Å². The molecule has 0 spiro atoms. The molecule has 2 rings (SSSR count). The van der Waals surface area contributed by atoms with E-state index in [4.69, 9.17) is 4.74 Å². The van der Waals surface area contributed by atoms with Gasteiger partial charge >= 0.3 is 0 Å². The van der Waals surface area contributed by atoms with Crippen molar-refractivity contribution in [2.75, 3.05) is 6.61 Å². The lowest BCUT2D eigenvalue weighted by atomic mass is 10.3. The third-order valence-corrected chi connectivity index (χ3v) is 3.67. The van der Waals surface area contributed by atoms with E-state index in [9.17, 15) is 4.79 Å². The summed E-state index contributed by atoms with van der Waals surface area (Å²) in [5.74, 6) is 0.527. The molecule has 0 aromatic carbocycles. The van der Waals surface area contributed by atoms with Crippen LogP contribution >= 0.6 is 27.3 Å². The van der Waals surface area contributed by atoms with Gasteiger partial charge in [-0.2, -0.15) is 0 Å². The highest BCUT2D eigenvalue weighted by atomic mass is 79.9.